The lowest BCUT2D eigenvalue weighted by molar-refractivity contribution is -0.122. The monoisotopic (exact) mass is 480 g/mol. The van der Waals surface area contributed by atoms with E-state index in [0.717, 1.165) is 16.0 Å². The summed E-state index contributed by atoms with van der Waals surface area (Å²) in [4.78, 5) is 38.5. The maximum Gasteiger partial charge on any atom is 0.335 e. The van der Waals surface area contributed by atoms with Crippen molar-refractivity contribution in [3.05, 3.63) is 99.0 Å². The molecule has 0 aliphatic carbocycles. The highest BCUT2D eigenvalue weighted by atomic mass is 35.5. The van der Waals surface area contributed by atoms with Gasteiger partial charge < -0.3 is 4.74 Å². The predicted molar refractivity (Wildman–Crippen MR) is 127 cm³/mol. The van der Waals surface area contributed by atoms with Crippen LogP contribution >= 0.6 is 23.2 Å². The average molecular weight is 481 g/mol. The van der Waals surface area contributed by atoms with Gasteiger partial charge in [0, 0.05) is 5.02 Å². The molecule has 0 atom stereocenters. The topological polar surface area (TPSA) is 75.7 Å². The summed E-state index contributed by atoms with van der Waals surface area (Å²) in [6.07, 6.45) is 1.38. The zero-order valence-corrected chi connectivity index (χ0v) is 19.0. The molecule has 4 rings (SSSR count). The van der Waals surface area contributed by atoms with Crippen LogP contribution in [0.3, 0.4) is 0 Å². The second-order valence-corrected chi connectivity index (χ2v) is 8.25. The van der Waals surface area contributed by atoms with E-state index in [4.69, 9.17) is 27.9 Å². The van der Waals surface area contributed by atoms with Gasteiger partial charge in [-0.1, -0.05) is 59.1 Å². The summed E-state index contributed by atoms with van der Waals surface area (Å²) >= 11 is 12.2. The van der Waals surface area contributed by atoms with Crippen molar-refractivity contribution in [3.63, 3.8) is 0 Å². The molecule has 0 saturated carbocycles. The molecule has 33 heavy (non-hydrogen) atoms. The number of urea groups is 1. The van der Waals surface area contributed by atoms with Crippen LogP contribution in [0, 0.1) is 6.92 Å². The van der Waals surface area contributed by atoms with Gasteiger partial charge >= 0.3 is 6.03 Å². The standard InChI is InChI=1S/C25H18Cl2N2O4/c1-15-3-2-4-17(11-15)14-33-22-10-5-16(13-21(22)27)12-20-23(30)28-25(32)29(24(20)31)19-8-6-18(26)7-9-19/h2-13H,14H2,1H3,(H,28,30,32)/b20-12+. The Kier molecular flexibility index (Phi) is 6.49. The van der Waals surface area contributed by atoms with Crippen LogP contribution in [0.25, 0.3) is 6.08 Å². The molecule has 1 saturated heterocycles. The fourth-order valence-electron chi connectivity index (χ4n) is 3.34. The fourth-order valence-corrected chi connectivity index (χ4v) is 3.71. The molecule has 0 radical (unpaired) electrons. The molecule has 6 nitrogen and oxygen atoms in total. The molecule has 0 aromatic heterocycles. The summed E-state index contributed by atoms with van der Waals surface area (Å²) in [6, 6.07) is 18.2. The van der Waals surface area contributed by atoms with Gasteiger partial charge in [-0.3, -0.25) is 14.9 Å². The highest BCUT2D eigenvalue weighted by Gasteiger charge is 2.36. The van der Waals surface area contributed by atoms with Crippen LogP contribution in [0.4, 0.5) is 10.5 Å². The number of barbiturate groups is 1. The molecule has 1 N–H and O–H groups in total. The zero-order chi connectivity index (χ0) is 23.5. The number of imide groups is 2. The van der Waals surface area contributed by atoms with E-state index in [1.165, 1.54) is 18.2 Å². The van der Waals surface area contributed by atoms with E-state index in [0.29, 0.717) is 33.7 Å². The van der Waals surface area contributed by atoms with Crippen LogP contribution in [0.5, 0.6) is 5.75 Å². The minimum atomic E-state index is -0.831. The van der Waals surface area contributed by atoms with E-state index in [1.807, 2.05) is 31.2 Å². The molecule has 1 aliphatic heterocycles. The number of hydrogen-bond donors (Lipinski definition) is 1. The van der Waals surface area contributed by atoms with Crippen LogP contribution in [-0.4, -0.2) is 17.8 Å². The van der Waals surface area contributed by atoms with Gasteiger partial charge in [-0.2, -0.15) is 0 Å². The van der Waals surface area contributed by atoms with Gasteiger partial charge in [0.15, 0.2) is 0 Å². The number of nitrogens with zero attached hydrogens (tertiary/aromatic N) is 1. The summed E-state index contributed by atoms with van der Waals surface area (Å²) < 4.78 is 5.80. The molecule has 4 amide bonds. The van der Waals surface area contributed by atoms with Gasteiger partial charge in [0.05, 0.1) is 10.7 Å². The minimum absolute atomic E-state index is 0.200. The lowest BCUT2D eigenvalue weighted by Crippen LogP contribution is -2.54. The largest absolute Gasteiger partial charge is 0.487 e. The number of amides is 4. The number of anilines is 1. The van der Waals surface area contributed by atoms with E-state index in [9.17, 15) is 14.4 Å². The van der Waals surface area contributed by atoms with Crippen molar-refractivity contribution < 1.29 is 19.1 Å². The van der Waals surface area contributed by atoms with E-state index in [-0.39, 0.29) is 5.57 Å². The van der Waals surface area contributed by atoms with E-state index in [2.05, 4.69) is 5.32 Å². The average Bonchev–Trinajstić information content (AvgIpc) is 2.77. The molecule has 166 valence electrons. The van der Waals surface area contributed by atoms with Crippen molar-refractivity contribution >= 4 is 52.8 Å². The van der Waals surface area contributed by atoms with Gasteiger partial charge in [-0.05, 0) is 60.5 Å². The number of carbonyl (C=O) groups is 3. The van der Waals surface area contributed by atoms with Gasteiger partial charge in [-0.15, -0.1) is 0 Å². The quantitative estimate of drug-likeness (QED) is 0.383. The Morgan fingerprint density at radius 3 is 2.42 bits per heavy atom. The first-order chi connectivity index (χ1) is 15.8. The van der Waals surface area contributed by atoms with Crippen molar-refractivity contribution in [1.82, 2.24) is 5.32 Å². The SMILES string of the molecule is Cc1cccc(COc2ccc(/C=C3\C(=O)NC(=O)N(c4ccc(Cl)cc4)C3=O)cc2Cl)c1. The van der Waals surface area contributed by atoms with Crippen LogP contribution < -0.4 is 15.0 Å². The third-order valence-corrected chi connectivity index (χ3v) is 5.48. The maximum atomic E-state index is 13.0. The van der Waals surface area contributed by atoms with Gasteiger partial charge in [-0.25, -0.2) is 9.69 Å². The van der Waals surface area contributed by atoms with Crippen molar-refractivity contribution in [1.29, 1.82) is 0 Å². The molecular formula is C25H18Cl2N2O4. The normalized spacial score (nSPS) is 15.1. The van der Waals surface area contributed by atoms with E-state index >= 15 is 0 Å². The highest BCUT2D eigenvalue weighted by molar-refractivity contribution is 6.39. The van der Waals surface area contributed by atoms with Crippen molar-refractivity contribution in [2.45, 2.75) is 13.5 Å². The Morgan fingerprint density at radius 2 is 1.73 bits per heavy atom. The van der Waals surface area contributed by atoms with Crippen LogP contribution in [0.2, 0.25) is 10.0 Å². The van der Waals surface area contributed by atoms with Crippen LogP contribution in [0.15, 0.2) is 72.3 Å². The first-order valence-electron chi connectivity index (χ1n) is 9.97. The van der Waals surface area contributed by atoms with Crippen molar-refractivity contribution in [3.8, 4) is 5.75 Å². The maximum absolute atomic E-state index is 13.0. The smallest absolute Gasteiger partial charge is 0.335 e. The number of aryl methyl sites for hydroxylation is 1. The van der Waals surface area contributed by atoms with E-state index in [1.54, 1.807) is 30.3 Å². The lowest BCUT2D eigenvalue weighted by Gasteiger charge is -2.26. The predicted octanol–water partition coefficient (Wildman–Crippen LogP) is 5.55. The number of ether oxygens (including phenoxy) is 1. The number of nitrogens with one attached hydrogen (secondary N) is 1. The lowest BCUT2D eigenvalue weighted by atomic mass is 10.1. The van der Waals surface area contributed by atoms with Gasteiger partial charge in [0.25, 0.3) is 11.8 Å². The summed E-state index contributed by atoms with van der Waals surface area (Å²) in [5, 5.41) is 2.96. The van der Waals surface area contributed by atoms with Crippen LogP contribution in [-0.2, 0) is 16.2 Å². The first-order valence-corrected chi connectivity index (χ1v) is 10.7. The Bertz CT molecular complexity index is 1290. The molecule has 8 heteroatoms. The highest BCUT2D eigenvalue weighted by Crippen LogP contribution is 2.29. The van der Waals surface area contributed by atoms with Crippen LogP contribution in [0.1, 0.15) is 16.7 Å². The number of hydrogen-bond acceptors (Lipinski definition) is 4. The number of benzene rings is 3. The second-order valence-electron chi connectivity index (χ2n) is 7.40. The number of halogens is 2. The number of carbonyl (C=O) groups excluding carboxylic acids is 3. The molecule has 0 spiro atoms. The Morgan fingerprint density at radius 1 is 0.970 bits per heavy atom. The van der Waals surface area contributed by atoms with Crippen molar-refractivity contribution in [2.75, 3.05) is 4.90 Å². The fraction of sp³-hybridized carbons (Fsp3) is 0.0800. The molecule has 1 heterocycles. The molecule has 3 aromatic carbocycles. The molecule has 0 bridgehead atoms. The third kappa shape index (κ3) is 5.08. The molecule has 1 fully saturated rings. The number of rotatable bonds is 5. The summed E-state index contributed by atoms with van der Waals surface area (Å²) in [5.74, 6) is -1.06. The summed E-state index contributed by atoms with van der Waals surface area (Å²) in [5.41, 5.74) is 2.73. The Balaban J connectivity index is 1.56. The van der Waals surface area contributed by atoms with Gasteiger partial charge in [0.2, 0.25) is 0 Å². The Hall–Kier alpha value is -3.61. The zero-order valence-electron chi connectivity index (χ0n) is 17.5. The van der Waals surface area contributed by atoms with Gasteiger partial charge in [0.1, 0.15) is 17.9 Å². The summed E-state index contributed by atoms with van der Waals surface area (Å²) in [6.45, 7) is 2.35. The van der Waals surface area contributed by atoms with E-state index < -0.39 is 17.8 Å². The first kappa shape index (κ1) is 22.6. The summed E-state index contributed by atoms with van der Waals surface area (Å²) in [7, 11) is 0. The second kappa shape index (κ2) is 9.48. The molecular weight excluding hydrogens is 463 g/mol. The van der Waals surface area contributed by atoms with Crippen molar-refractivity contribution in [2.24, 2.45) is 0 Å². The Labute approximate surface area is 200 Å². The third-order valence-electron chi connectivity index (χ3n) is 4.93. The minimum Gasteiger partial charge on any atom is -0.487 e. The molecule has 3 aromatic rings. The molecule has 0 unspecified atom stereocenters. The molecule has 1 aliphatic rings.